The monoisotopic (exact) mass is 652 g/mol. The third-order valence-electron chi connectivity index (χ3n) is 10.3. The van der Waals surface area contributed by atoms with Crippen molar-refractivity contribution in [3.05, 3.63) is 64.5 Å². The van der Waals surface area contributed by atoms with Crippen molar-refractivity contribution in [3.63, 3.8) is 0 Å². The molecule has 10 nitrogen and oxygen atoms in total. The first-order chi connectivity index (χ1) is 21.9. The topological polar surface area (TPSA) is 142 Å². The second-order valence-electron chi connectivity index (χ2n) is 12.7. The highest BCUT2D eigenvalue weighted by atomic mass is 35.5. The van der Waals surface area contributed by atoms with E-state index >= 15 is 0 Å². The number of benzene rings is 2. The Morgan fingerprint density at radius 1 is 1.04 bits per heavy atom. The first kappa shape index (κ1) is 31.7. The van der Waals surface area contributed by atoms with E-state index in [-0.39, 0.29) is 59.8 Å². The second-order valence-corrected chi connectivity index (χ2v) is 13.1. The Morgan fingerprint density at radius 3 is 2.50 bits per heavy atom. The zero-order valence-electron chi connectivity index (χ0n) is 25.4. The largest absolute Gasteiger partial charge is 0.504 e. The average Bonchev–Trinajstić information content (AvgIpc) is 3.38. The molecular formula is C34H34ClFN2O8. The van der Waals surface area contributed by atoms with Crippen LogP contribution in [0.2, 0.25) is 5.02 Å². The molecule has 0 unspecified atom stereocenters. The molecule has 6 rings (SSSR count). The first-order valence-corrected chi connectivity index (χ1v) is 15.7. The third-order valence-corrected chi connectivity index (χ3v) is 10.6. The number of unbranched alkanes of at least 4 members (excludes halogenated alkanes) is 2. The number of imide groups is 2. The molecule has 242 valence electrons. The number of aliphatic carboxylic acids is 1. The van der Waals surface area contributed by atoms with E-state index in [1.54, 1.807) is 19.1 Å². The minimum absolute atomic E-state index is 0.0139. The predicted octanol–water partition coefficient (Wildman–Crippen LogP) is 5.07. The van der Waals surface area contributed by atoms with E-state index in [4.69, 9.17) is 21.4 Å². The van der Waals surface area contributed by atoms with Crippen LogP contribution in [0.5, 0.6) is 11.5 Å². The summed E-state index contributed by atoms with van der Waals surface area (Å²) in [7, 11) is 1.40. The fourth-order valence-corrected chi connectivity index (χ4v) is 8.32. The number of fused-ring (bicyclic) bond motifs is 4. The first-order valence-electron chi connectivity index (χ1n) is 15.4. The van der Waals surface area contributed by atoms with Gasteiger partial charge in [-0.15, -0.1) is 0 Å². The van der Waals surface area contributed by atoms with Crippen molar-refractivity contribution >= 4 is 46.9 Å². The van der Waals surface area contributed by atoms with Gasteiger partial charge in [0.1, 0.15) is 5.82 Å². The smallest absolute Gasteiger partial charge is 0.303 e. The molecule has 6 atom stereocenters. The van der Waals surface area contributed by atoms with Gasteiger partial charge in [0.25, 0.3) is 0 Å². The van der Waals surface area contributed by atoms with Crippen molar-refractivity contribution in [3.8, 4) is 11.5 Å². The van der Waals surface area contributed by atoms with Gasteiger partial charge < -0.3 is 14.9 Å². The molecule has 1 saturated carbocycles. The van der Waals surface area contributed by atoms with Crippen LogP contribution in [0, 0.1) is 34.9 Å². The minimum Gasteiger partial charge on any atom is -0.504 e. The molecule has 2 aromatic rings. The van der Waals surface area contributed by atoms with Crippen LogP contribution in [0.4, 0.5) is 10.1 Å². The van der Waals surface area contributed by atoms with Crippen molar-refractivity contribution in [2.45, 2.75) is 51.4 Å². The summed E-state index contributed by atoms with van der Waals surface area (Å²) in [4.78, 5) is 69.3. The number of carboxylic acid groups (broad SMARTS) is 1. The molecule has 2 aliphatic carbocycles. The van der Waals surface area contributed by atoms with Crippen LogP contribution in [0.3, 0.4) is 0 Å². The number of rotatable bonds is 9. The number of anilines is 1. The van der Waals surface area contributed by atoms with Crippen molar-refractivity contribution in [2.24, 2.45) is 29.1 Å². The molecule has 4 aliphatic rings. The summed E-state index contributed by atoms with van der Waals surface area (Å²) in [5.41, 5.74) is 0.182. The van der Waals surface area contributed by atoms with Crippen LogP contribution in [0.15, 0.2) is 48.0 Å². The summed E-state index contributed by atoms with van der Waals surface area (Å²) in [5, 5.41) is 19.0. The number of halogens is 2. The van der Waals surface area contributed by atoms with Gasteiger partial charge in [0, 0.05) is 18.9 Å². The number of hydrogen-bond acceptors (Lipinski definition) is 7. The standard InChI is InChI=1S/C34H34ClFN2O8/c1-34-22(31(43)38(33(34)45)18-8-11-24(36)23(35)15-18)16-21-19(29(34)17-7-12-25(39)26(14-17)46-2)9-10-20-28(21)32(44)37(30(20)42)13-5-3-4-6-27(40)41/h7-9,11-12,14-15,20-22,28-29,39H,3-6,10,13,16H2,1-2H3,(H,40,41)/t20-,21+,22-,28-,29-,34+/m0/s1. The zero-order chi connectivity index (χ0) is 33.1. The molecule has 0 aromatic heterocycles. The van der Waals surface area contributed by atoms with Crippen LogP contribution in [0.25, 0.3) is 0 Å². The van der Waals surface area contributed by atoms with E-state index in [1.165, 1.54) is 30.2 Å². The maximum absolute atomic E-state index is 14.5. The Hall–Kier alpha value is -4.25. The van der Waals surface area contributed by atoms with Crippen LogP contribution >= 0.6 is 11.6 Å². The van der Waals surface area contributed by atoms with Gasteiger partial charge >= 0.3 is 5.97 Å². The molecule has 2 aliphatic heterocycles. The Morgan fingerprint density at radius 2 is 1.80 bits per heavy atom. The number of carbonyl (C=O) groups excluding carboxylic acids is 4. The van der Waals surface area contributed by atoms with Crippen molar-refractivity contribution in [1.82, 2.24) is 4.90 Å². The Bertz CT molecular complexity index is 1690. The van der Waals surface area contributed by atoms with Crippen molar-refractivity contribution in [1.29, 1.82) is 0 Å². The second kappa shape index (κ2) is 11.8. The van der Waals surface area contributed by atoms with E-state index in [1.807, 2.05) is 6.08 Å². The normalized spacial score (nSPS) is 28.6. The highest BCUT2D eigenvalue weighted by molar-refractivity contribution is 6.31. The summed E-state index contributed by atoms with van der Waals surface area (Å²) < 4.78 is 19.4. The number of ether oxygens (including phenoxy) is 1. The molecule has 2 N–H and O–H groups in total. The predicted molar refractivity (Wildman–Crippen MR) is 164 cm³/mol. The Kier molecular flexibility index (Phi) is 8.16. The molecule has 46 heavy (non-hydrogen) atoms. The van der Waals surface area contributed by atoms with Crippen LogP contribution in [-0.2, 0) is 24.0 Å². The van der Waals surface area contributed by atoms with E-state index < -0.39 is 58.6 Å². The maximum Gasteiger partial charge on any atom is 0.303 e. The molecule has 0 spiro atoms. The molecular weight excluding hydrogens is 619 g/mol. The molecule has 4 amide bonds. The molecule has 12 heteroatoms. The lowest BCUT2D eigenvalue weighted by Crippen LogP contribution is -2.48. The quantitative estimate of drug-likeness (QED) is 0.217. The summed E-state index contributed by atoms with van der Waals surface area (Å²) in [5.74, 6) is -6.59. The molecule has 2 saturated heterocycles. The summed E-state index contributed by atoms with van der Waals surface area (Å²) in [6.45, 7) is 1.91. The lowest BCUT2D eigenvalue weighted by atomic mass is 9.51. The highest BCUT2D eigenvalue weighted by Crippen LogP contribution is 2.64. The number of phenols is 1. The number of nitrogens with zero attached hydrogens (tertiary/aromatic N) is 2. The van der Waals surface area contributed by atoms with Gasteiger partial charge in [-0.25, -0.2) is 9.29 Å². The van der Waals surface area contributed by atoms with Crippen LogP contribution in [-0.4, -0.2) is 58.4 Å². The van der Waals surface area contributed by atoms with Gasteiger partial charge in [-0.2, -0.15) is 0 Å². The fourth-order valence-electron chi connectivity index (χ4n) is 8.15. The van der Waals surface area contributed by atoms with Crippen LogP contribution in [0.1, 0.15) is 56.9 Å². The highest BCUT2D eigenvalue weighted by Gasteiger charge is 2.67. The van der Waals surface area contributed by atoms with Crippen molar-refractivity contribution < 1.29 is 43.3 Å². The van der Waals surface area contributed by atoms with Crippen molar-refractivity contribution in [2.75, 3.05) is 18.6 Å². The van der Waals surface area contributed by atoms with Crippen LogP contribution < -0.4 is 9.64 Å². The number of methoxy groups -OCH3 is 1. The Labute approximate surface area is 269 Å². The molecule has 2 aromatic carbocycles. The number of phenolic OH excluding ortho intramolecular Hbond substituents is 1. The Balaban J connectivity index is 1.40. The van der Waals surface area contributed by atoms with E-state index in [0.29, 0.717) is 24.8 Å². The zero-order valence-corrected chi connectivity index (χ0v) is 26.1. The molecule has 0 bridgehead atoms. The fraction of sp³-hybridized carbons (Fsp3) is 0.441. The molecule has 0 radical (unpaired) electrons. The number of hydrogen-bond donors (Lipinski definition) is 2. The van der Waals surface area contributed by atoms with Gasteiger partial charge in [-0.05, 0) is 74.4 Å². The number of amides is 4. The lowest BCUT2D eigenvalue weighted by molar-refractivity contribution is -0.141. The number of aromatic hydroxyl groups is 1. The third kappa shape index (κ3) is 4.87. The number of carbonyl (C=O) groups is 5. The van der Waals surface area contributed by atoms with E-state index in [0.717, 1.165) is 16.5 Å². The number of likely N-dealkylation sites (tertiary alicyclic amines) is 1. The SMILES string of the molecule is COc1cc([C@H]2C3=CC[C@@H]4C(=O)N(CCCCCC(=O)O)C(=O)[C@@H]4[C@@H]3C[C@H]3C(=O)N(c4ccc(F)c(Cl)c4)C(=O)[C@@]23C)ccc1O. The van der Waals surface area contributed by atoms with E-state index in [9.17, 15) is 33.5 Å². The van der Waals surface area contributed by atoms with Gasteiger partial charge in [0.2, 0.25) is 23.6 Å². The number of carboxylic acids is 1. The molecule has 3 fully saturated rings. The van der Waals surface area contributed by atoms with Gasteiger partial charge in [-0.3, -0.25) is 28.9 Å². The van der Waals surface area contributed by atoms with Gasteiger partial charge in [-0.1, -0.05) is 35.7 Å². The number of allylic oxidation sites excluding steroid dienone is 2. The molecule has 2 heterocycles. The average molecular weight is 653 g/mol. The summed E-state index contributed by atoms with van der Waals surface area (Å²) in [6.07, 6.45) is 3.84. The van der Waals surface area contributed by atoms with Gasteiger partial charge in [0.05, 0.1) is 41.0 Å². The maximum atomic E-state index is 14.5. The summed E-state index contributed by atoms with van der Waals surface area (Å²) in [6, 6.07) is 8.40. The van der Waals surface area contributed by atoms with Gasteiger partial charge in [0.15, 0.2) is 11.5 Å². The summed E-state index contributed by atoms with van der Waals surface area (Å²) >= 11 is 6.05. The lowest BCUT2D eigenvalue weighted by Gasteiger charge is -2.49. The minimum atomic E-state index is -1.33. The van der Waals surface area contributed by atoms with E-state index in [2.05, 4.69) is 0 Å².